The molecule has 18 heavy (non-hydrogen) atoms. The van der Waals surface area contributed by atoms with Gasteiger partial charge in [-0.25, -0.2) is 0 Å². The molecule has 1 aromatic carbocycles. The van der Waals surface area contributed by atoms with Gasteiger partial charge in [-0.3, -0.25) is 4.79 Å². The zero-order valence-corrected chi connectivity index (χ0v) is 12.1. The maximum absolute atomic E-state index is 12.1. The summed E-state index contributed by atoms with van der Waals surface area (Å²) < 4.78 is 0. The number of carbonyl (C=O) groups excluding carboxylic acids is 1. The molecule has 0 aromatic heterocycles. The van der Waals surface area contributed by atoms with Crippen LogP contribution in [-0.2, 0) is 0 Å². The van der Waals surface area contributed by atoms with Crippen LogP contribution >= 0.6 is 23.5 Å². The molecule has 98 valence electrons. The van der Waals surface area contributed by atoms with Crippen LogP contribution in [0.15, 0.2) is 18.2 Å². The Morgan fingerprint density at radius 1 is 1.50 bits per heavy atom. The van der Waals surface area contributed by atoms with E-state index >= 15 is 0 Å². The van der Waals surface area contributed by atoms with Crippen molar-refractivity contribution in [1.29, 1.82) is 0 Å². The average molecular weight is 282 g/mol. The predicted molar refractivity (Wildman–Crippen MR) is 81.5 cm³/mol. The predicted octanol–water partition coefficient (Wildman–Crippen LogP) is 2.16. The third-order valence-corrected chi connectivity index (χ3v) is 5.67. The molecule has 0 radical (unpaired) electrons. The van der Waals surface area contributed by atoms with Crippen molar-refractivity contribution in [3.8, 4) is 0 Å². The highest BCUT2D eigenvalue weighted by molar-refractivity contribution is 8.06. The molecule has 1 heterocycles. The number of carbonyl (C=O) groups is 1. The molecule has 1 aromatic rings. The normalized spacial score (nSPS) is 19.5. The maximum atomic E-state index is 12.1. The van der Waals surface area contributed by atoms with Crippen LogP contribution in [0.1, 0.15) is 15.9 Å². The quantitative estimate of drug-likeness (QED) is 0.834. The molecule has 1 aliphatic rings. The van der Waals surface area contributed by atoms with Gasteiger partial charge in [-0.15, -0.1) is 0 Å². The molecule has 1 atom stereocenters. The Hall–Kier alpha value is -0.810. The summed E-state index contributed by atoms with van der Waals surface area (Å²) in [6.07, 6.45) is 0. The van der Waals surface area contributed by atoms with Gasteiger partial charge in [-0.2, -0.15) is 23.5 Å². The van der Waals surface area contributed by atoms with Gasteiger partial charge in [-0.1, -0.05) is 11.6 Å². The second-order valence-corrected chi connectivity index (χ2v) is 6.93. The molecular formula is C13H18N2OS2. The number of aryl methyl sites for hydroxylation is 1. The smallest absolute Gasteiger partial charge is 0.253 e. The van der Waals surface area contributed by atoms with Crippen molar-refractivity contribution in [3.63, 3.8) is 0 Å². The zero-order valence-electron chi connectivity index (χ0n) is 10.4. The highest BCUT2D eigenvalue weighted by atomic mass is 32.2. The Morgan fingerprint density at radius 2 is 2.33 bits per heavy atom. The number of amides is 1. The second-order valence-electron chi connectivity index (χ2n) is 4.37. The summed E-state index contributed by atoms with van der Waals surface area (Å²) in [4.78, 5) is 12.1. The van der Waals surface area contributed by atoms with Gasteiger partial charge in [0.25, 0.3) is 5.91 Å². The van der Waals surface area contributed by atoms with Gasteiger partial charge in [0.1, 0.15) is 0 Å². The van der Waals surface area contributed by atoms with E-state index in [0.717, 1.165) is 17.9 Å². The van der Waals surface area contributed by atoms with Crippen molar-refractivity contribution < 1.29 is 4.79 Å². The molecule has 1 amide bonds. The fourth-order valence-electron chi connectivity index (χ4n) is 1.82. The lowest BCUT2D eigenvalue weighted by Crippen LogP contribution is -2.33. The van der Waals surface area contributed by atoms with Crippen molar-refractivity contribution in [2.75, 3.05) is 29.5 Å². The monoisotopic (exact) mass is 282 g/mol. The molecule has 1 saturated heterocycles. The first-order valence-corrected chi connectivity index (χ1v) is 8.21. The first-order valence-electron chi connectivity index (χ1n) is 6.00. The molecular weight excluding hydrogens is 264 g/mol. The van der Waals surface area contributed by atoms with Crippen LogP contribution < -0.4 is 11.1 Å². The van der Waals surface area contributed by atoms with Gasteiger partial charge in [0.15, 0.2) is 0 Å². The van der Waals surface area contributed by atoms with Gasteiger partial charge < -0.3 is 11.1 Å². The minimum Gasteiger partial charge on any atom is -0.398 e. The number of nitrogens with two attached hydrogens (primary N) is 1. The van der Waals surface area contributed by atoms with Gasteiger partial charge in [0.2, 0.25) is 0 Å². The number of thioether (sulfide) groups is 2. The van der Waals surface area contributed by atoms with Crippen molar-refractivity contribution in [3.05, 3.63) is 29.3 Å². The summed E-state index contributed by atoms with van der Waals surface area (Å²) in [6, 6.07) is 5.54. The van der Waals surface area contributed by atoms with Gasteiger partial charge in [0.05, 0.1) is 5.56 Å². The van der Waals surface area contributed by atoms with Crippen LogP contribution in [0.2, 0.25) is 0 Å². The molecule has 0 spiro atoms. The fourth-order valence-corrected chi connectivity index (χ4v) is 4.43. The number of hydrogen-bond acceptors (Lipinski definition) is 4. The number of hydrogen-bond donors (Lipinski definition) is 2. The number of benzene rings is 1. The molecule has 5 heteroatoms. The summed E-state index contributed by atoms with van der Waals surface area (Å²) in [5.41, 5.74) is 8.01. The third-order valence-electron chi connectivity index (χ3n) is 2.83. The zero-order chi connectivity index (χ0) is 13.0. The molecule has 0 aliphatic carbocycles. The summed E-state index contributed by atoms with van der Waals surface area (Å²) in [5, 5.41) is 3.51. The Bertz CT molecular complexity index is 431. The molecule has 0 saturated carbocycles. The Balaban J connectivity index is 1.92. The van der Waals surface area contributed by atoms with Crippen molar-refractivity contribution >= 4 is 35.1 Å². The van der Waals surface area contributed by atoms with E-state index in [0.29, 0.717) is 16.5 Å². The molecule has 3 N–H and O–H groups in total. The van der Waals surface area contributed by atoms with Crippen LogP contribution in [0.3, 0.4) is 0 Å². The first-order chi connectivity index (χ1) is 8.66. The summed E-state index contributed by atoms with van der Waals surface area (Å²) in [6.45, 7) is 2.69. The maximum Gasteiger partial charge on any atom is 0.253 e. The number of nitrogen functional groups attached to an aromatic ring is 1. The number of anilines is 1. The third kappa shape index (κ3) is 3.59. The molecule has 1 fully saturated rings. The lowest BCUT2D eigenvalue weighted by Gasteiger charge is -2.21. The Labute approximate surface area is 116 Å². The SMILES string of the molecule is Cc1ccc(N)c(C(=O)NCC2CSCCS2)c1. The summed E-state index contributed by atoms with van der Waals surface area (Å²) >= 11 is 3.90. The topological polar surface area (TPSA) is 55.1 Å². The average Bonchev–Trinajstić information content (AvgIpc) is 2.40. The van der Waals surface area contributed by atoms with Crippen LogP contribution in [0.5, 0.6) is 0 Å². The van der Waals surface area contributed by atoms with Crippen LogP contribution in [-0.4, -0.2) is 35.0 Å². The van der Waals surface area contributed by atoms with E-state index in [2.05, 4.69) is 5.32 Å². The van der Waals surface area contributed by atoms with E-state index in [4.69, 9.17) is 5.73 Å². The highest BCUT2D eigenvalue weighted by Gasteiger charge is 2.16. The standard InChI is InChI=1S/C13H18N2OS2/c1-9-2-3-12(14)11(6-9)13(16)15-7-10-8-17-4-5-18-10/h2-3,6,10H,4-5,7-8,14H2,1H3,(H,15,16). The van der Waals surface area contributed by atoms with E-state index in [-0.39, 0.29) is 5.91 Å². The van der Waals surface area contributed by atoms with Crippen LogP contribution in [0.25, 0.3) is 0 Å². The highest BCUT2D eigenvalue weighted by Crippen LogP contribution is 2.23. The Kier molecular flexibility index (Phi) is 4.83. The van der Waals surface area contributed by atoms with Crippen molar-refractivity contribution in [2.45, 2.75) is 12.2 Å². The van der Waals surface area contributed by atoms with E-state index < -0.39 is 0 Å². The van der Waals surface area contributed by atoms with Crippen LogP contribution in [0, 0.1) is 6.92 Å². The van der Waals surface area contributed by atoms with Gasteiger partial charge >= 0.3 is 0 Å². The molecule has 2 rings (SSSR count). The number of rotatable bonds is 3. The minimum atomic E-state index is -0.0626. The fraction of sp³-hybridized carbons (Fsp3) is 0.462. The van der Waals surface area contributed by atoms with Crippen molar-refractivity contribution in [2.24, 2.45) is 0 Å². The lowest BCUT2D eigenvalue weighted by atomic mass is 10.1. The van der Waals surface area contributed by atoms with E-state index in [9.17, 15) is 4.79 Å². The van der Waals surface area contributed by atoms with Gasteiger partial charge in [0, 0.05) is 34.7 Å². The van der Waals surface area contributed by atoms with Gasteiger partial charge in [-0.05, 0) is 19.1 Å². The lowest BCUT2D eigenvalue weighted by molar-refractivity contribution is 0.0955. The molecule has 3 nitrogen and oxygen atoms in total. The number of nitrogens with one attached hydrogen (secondary N) is 1. The van der Waals surface area contributed by atoms with Crippen LogP contribution in [0.4, 0.5) is 5.69 Å². The second kappa shape index (κ2) is 6.38. The van der Waals surface area contributed by atoms with E-state index in [1.54, 1.807) is 6.07 Å². The Morgan fingerprint density at radius 3 is 3.06 bits per heavy atom. The van der Waals surface area contributed by atoms with Crippen molar-refractivity contribution in [1.82, 2.24) is 5.32 Å². The minimum absolute atomic E-state index is 0.0626. The summed E-state index contributed by atoms with van der Waals surface area (Å²) in [7, 11) is 0. The van der Waals surface area contributed by atoms with E-state index in [1.165, 1.54) is 11.5 Å². The largest absolute Gasteiger partial charge is 0.398 e. The molecule has 1 aliphatic heterocycles. The first kappa shape index (κ1) is 13.6. The molecule has 1 unspecified atom stereocenters. The van der Waals surface area contributed by atoms with E-state index in [1.807, 2.05) is 42.6 Å². The summed E-state index contributed by atoms with van der Waals surface area (Å²) in [5.74, 6) is 3.46. The molecule has 0 bridgehead atoms.